The summed E-state index contributed by atoms with van der Waals surface area (Å²) in [5, 5.41) is 5.02. The van der Waals surface area contributed by atoms with Crippen molar-refractivity contribution in [3.8, 4) is 0 Å². The number of nitrogens with zero attached hydrogens (tertiary/aromatic N) is 2. The molecule has 3 fully saturated rings. The van der Waals surface area contributed by atoms with E-state index < -0.39 is 0 Å². The third-order valence-corrected chi connectivity index (χ3v) is 9.80. The number of rotatable bonds is 2. The van der Waals surface area contributed by atoms with E-state index in [-0.39, 0.29) is 22.1 Å². The number of urea groups is 1. The summed E-state index contributed by atoms with van der Waals surface area (Å²) in [4.78, 5) is 27.6. The van der Waals surface area contributed by atoms with Gasteiger partial charge in [0.2, 0.25) is 0 Å². The zero-order chi connectivity index (χ0) is 19.1. The van der Waals surface area contributed by atoms with Crippen molar-refractivity contribution >= 4 is 41.1 Å². The Bertz CT molecular complexity index is 790. The fourth-order valence-corrected chi connectivity index (χ4v) is 8.15. The fourth-order valence-electron chi connectivity index (χ4n) is 4.89. The van der Waals surface area contributed by atoms with Crippen LogP contribution in [0.5, 0.6) is 0 Å². The van der Waals surface area contributed by atoms with Crippen LogP contribution in [0.2, 0.25) is 0 Å². The third kappa shape index (κ3) is 3.29. The lowest BCUT2D eigenvalue weighted by Crippen LogP contribution is -2.47. The number of hydrogen-bond acceptors (Lipinski definition) is 5. The van der Waals surface area contributed by atoms with Gasteiger partial charge in [0.25, 0.3) is 5.91 Å². The summed E-state index contributed by atoms with van der Waals surface area (Å²) in [6, 6.07) is 5.57. The molecule has 1 aromatic rings. The number of thioether (sulfide) groups is 2. The Morgan fingerprint density at radius 1 is 1.11 bits per heavy atom. The predicted octanol–water partition coefficient (Wildman–Crippen LogP) is 3.68. The molecule has 2 N–H and O–H groups in total. The van der Waals surface area contributed by atoms with Crippen LogP contribution in [-0.2, 0) is 0 Å². The highest BCUT2D eigenvalue weighted by molar-refractivity contribution is 8.21. The second-order valence-corrected chi connectivity index (χ2v) is 11.2. The summed E-state index contributed by atoms with van der Waals surface area (Å²) in [5.41, 5.74) is 5.51. The molecular formula is C20H26N4O2S2. The van der Waals surface area contributed by atoms with Crippen molar-refractivity contribution in [2.45, 2.75) is 42.2 Å². The van der Waals surface area contributed by atoms with Crippen LogP contribution in [0.4, 0.5) is 10.5 Å². The average Bonchev–Trinajstić information content (AvgIpc) is 3.26. The molecule has 0 aliphatic carbocycles. The van der Waals surface area contributed by atoms with Crippen molar-refractivity contribution < 1.29 is 9.59 Å². The maximum absolute atomic E-state index is 13.0. The first-order valence-corrected chi connectivity index (χ1v) is 12.2. The minimum Gasteiger partial charge on any atom is -0.331 e. The zero-order valence-electron chi connectivity index (χ0n) is 15.9. The maximum atomic E-state index is 13.0. The topological polar surface area (TPSA) is 64.7 Å². The molecule has 4 heterocycles. The van der Waals surface area contributed by atoms with Crippen molar-refractivity contribution in [1.82, 2.24) is 15.3 Å². The van der Waals surface area contributed by atoms with E-state index in [2.05, 4.69) is 34.3 Å². The lowest BCUT2D eigenvalue weighted by molar-refractivity contribution is 0.0669. The van der Waals surface area contributed by atoms with Gasteiger partial charge in [-0.05, 0) is 37.8 Å². The molecule has 1 spiro atoms. The highest BCUT2D eigenvalue weighted by Crippen LogP contribution is 2.57. The quantitative estimate of drug-likeness (QED) is 0.767. The van der Waals surface area contributed by atoms with Crippen LogP contribution in [0.25, 0.3) is 0 Å². The van der Waals surface area contributed by atoms with E-state index in [1.807, 2.05) is 28.1 Å². The maximum Gasteiger partial charge on any atom is 0.333 e. The van der Waals surface area contributed by atoms with Crippen LogP contribution in [-0.4, -0.2) is 57.1 Å². The van der Waals surface area contributed by atoms with Crippen LogP contribution >= 0.6 is 23.5 Å². The Balaban J connectivity index is 1.38. The number of hydrogen-bond donors (Lipinski definition) is 2. The van der Waals surface area contributed by atoms with E-state index >= 15 is 0 Å². The van der Waals surface area contributed by atoms with Gasteiger partial charge in [-0.15, -0.1) is 23.5 Å². The molecule has 4 aliphatic heterocycles. The van der Waals surface area contributed by atoms with Crippen molar-refractivity contribution in [1.29, 1.82) is 0 Å². The van der Waals surface area contributed by atoms with Crippen LogP contribution in [0.3, 0.4) is 0 Å². The van der Waals surface area contributed by atoms with Gasteiger partial charge >= 0.3 is 6.03 Å². The summed E-state index contributed by atoms with van der Waals surface area (Å²) in [6.07, 6.45) is 5.47. The SMILES string of the molecule is O=C(Nc1cccc2c1C1CC3(CCN1C2=O)SCCS3)NN1CCCCC1. The van der Waals surface area contributed by atoms with E-state index in [4.69, 9.17) is 0 Å². The van der Waals surface area contributed by atoms with Crippen LogP contribution in [0.15, 0.2) is 18.2 Å². The smallest absolute Gasteiger partial charge is 0.331 e. The number of anilines is 1. The molecule has 0 saturated carbocycles. The highest BCUT2D eigenvalue weighted by atomic mass is 32.2. The summed E-state index contributed by atoms with van der Waals surface area (Å²) >= 11 is 4.10. The van der Waals surface area contributed by atoms with Gasteiger partial charge in [0.1, 0.15) is 0 Å². The first-order valence-electron chi connectivity index (χ1n) is 10.2. The molecule has 1 unspecified atom stereocenters. The lowest BCUT2D eigenvalue weighted by Gasteiger charge is -2.41. The van der Waals surface area contributed by atoms with Crippen molar-refractivity contribution in [3.63, 3.8) is 0 Å². The number of fused-ring (bicyclic) bond motifs is 3. The summed E-state index contributed by atoms with van der Waals surface area (Å²) in [7, 11) is 0. The zero-order valence-corrected chi connectivity index (χ0v) is 17.5. The normalized spacial score (nSPS) is 26.2. The van der Waals surface area contributed by atoms with Gasteiger partial charge in [-0.2, -0.15) is 0 Å². The molecule has 6 nitrogen and oxygen atoms in total. The summed E-state index contributed by atoms with van der Waals surface area (Å²) in [5.74, 6) is 2.50. The largest absolute Gasteiger partial charge is 0.333 e. The molecule has 5 rings (SSSR count). The van der Waals surface area contributed by atoms with Gasteiger partial charge in [0, 0.05) is 48.0 Å². The second-order valence-electron chi connectivity index (χ2n) is 7.96. The molecule has 1 aromatic carbocycles. The first kappa shape index (κ1) is 18.6. The molecule has 28 heavy (non-hydrogen) atoms. The van der Waals surface area contributed by atoms with Gasteiger partial charge in [0.05, 0.1) is 10.1 Å². The first-order chi connectivity index (χ1) is 13.7. The molecule has 0 radical (unpaired) electrons. The molecule has 0 bridgehead atoms. The number of benzene rings is 1. The number of amides is 3. The fraction of sp³-hybridized carbons (Fsp3) is 0.600. The average molecular weight is 419 g/mol. The lowest BCUT2D eigenvalue weighted by atomic mass is 9.95. The number of carbonyl (C=O) groups excluding carboxylic acids is 2. The number of carbonyl (C=O) groups is 2. The van der Waals surface area contributed by atoms with Crippen LogP contribution in [0.1, 0.15) is 54.1 Å². The molecule has 4 aliphatic rings. The molecule has 3 saturated heterocycles. The van der Waals surface area contributed by atoms with Crippen LogP contribution in [0, 0.1) is 0 Å². The Morgan fingerprint density at radius 2 is 1.89 bits per heavy atom. The molecular weight excluding hydrogens is 392 g/mol. The minimum atomic E-state index is -0.212. The van der Waals surface area contributed by atoms with E-state index in [0.717, 1.165) is 62.1 Å². The van der Waals surface area contributed by atoms with Gasteiger partial charge in [-0.25, -0.2) is 9.80 Å². The highest BCUT2D eigenvalue weighted by Gasteiger charge is 2.49. The van der Waals surface area contributed by atoms with Gasteiger partial charge in [0.15, 0.2) is 0 Å². The monoisotopic (exact) mass is 418 g/mol. The standard InChI is InChI=1S/C20H26N4O2S2/c25-18-14-5-4-6-15(21-19(26)22-23-8-2-1-3-9-23)17(14)16-13-20(7-10-24(16)18)27-11-12-28-20/h4-6,16H,1-3,7-13H2,(H2,21,22,26). The molecule has 0 aromatic heterocycles. The molecule has 150 valence electrons. The van der Waals surface area contributed by atoms with E-state index in [9.17, 15) is 9.59 Å². The number of piperidine rings is 2. The number of hydrazine groups is 1. The van der Waals surface area contributed by atoms with Crippen molar-refractivity contribution in [2.24, 2.45) is 0 Å². The Kier molecular flexibility index (Phi) is 4.97. The van der Waals surface area contributed by atoms with E-state index in [0.29, 0.717) is 0 Å². The Hall–Kier alpha value is -1.38. The third-order valence-electron chi connectivity index (χ3n) is 6.22. The predicted molar refractivity (Wildman–Crippen MR) is 115 cm³/mol. The van der Waals surface area contributed by atoms with Crippen LogP contribution < -0.4 is 10.7 Å². The molecule has 3 amide bonds. The molecule has 8 heteroatoms. The van der Waals surface area contributed by atoms with E-state index in [1.54, 1.807) is 0 Å². The Labute approximate surface area is 174 Å². The number of nitrogens with one attached hydrogen (secondary N) is 2. The Morgan fingerprint density at radius 3 is 2.68 bits per heavy atom. The second kappa shape index (κ2) is 7.46. The molecule has 1 atom stereocenters. The van der Waals surface area contributed by atoms with Gasteiger partial charge in [-0.1, -0.05) is 12.5 Å². The van der Waals surface area contributed by atoms with Gasteiger partial charge in [-0.3, -0.25) is 10.2 Å². The summed E-state index contributed by atoms with van der Waals surface area (Å²) < 4.78 is 0.228. The van der Waals surface area contributed by atoms with Gasteiger partial charge < -0.3 is 10.2 Å². The van der Waals surface area contributed by atoms with E-state index in [1.165, 1.54) is 17.9 Å². The van der Waals surface area contributed by atoms with Crippen molar-refractivity contribution in [2.75, 3.05) is 36.5 Å². The minimum absolute atomic E-state index is 0.0702. The summed E-state index contributed by atoms with van der Waals surface area (Å²) in [6.45, 7) is 2.59. The van der Waals surface area contributed by atoms with Crippen molar-refractivity contribution in [3.05, 3.63) is 29.3 Å².